The van der Waals surface area contributed by atoms with Gasteiger partial charge in [0.1, 0.15) is 0 Å². The van der Waals surface area contributed by atoms with E-state index in [0.29, 0.717) is 25.3 Å². The number of benzene rings is 2. The maximum Gasteiger partial charge on any atom is 0.322 e. The molecular formula is C25H29N5O. The number of hydrogen-bond acceptors (Lipinski definition) is 2. The normalized spacial score (nSPS) is 10.5. The van der Waals surface area contributed by atoms with Crippen LogP contribution < -0.4 is 5.32 Å². The van der Waals surface area contributed by atoms with Gasteiger partial charge in [-0.2, -0.15) is 0 Å². The molecule has 0 saturated carbocycles. The lowest BCUT2D eigenvalue weighted by Gasteiger charge is -2.24. The molecule has 1 aromatic heterocycles. The number of aryl methyl sites for hydroxylation is 1. The Kier molecular flexibility index (Phi) is 7.83. The molecular weight excluding hydrogens is 386 g/mol. The standard InChI is InChI=1S/C25H29N5O/c1-4-5-6-14-29(25(31)28-23-9-7-8-20(2)15-23)18-24-16-27-19-30(24)17-21-10-12-22(26-3)13-11-21/h7-13,15-16,19H,4-6,14,17-18H2,1-2H3,(H,28,31). The minimum atomic E-state index is -0.101. The Morgan fingerprint density at radius 3 is 2.71 bits per heavy atom. The van der Waals surface area contributed by atoms with Gasteiger partial charge in [-0.25, -0.2) is 14.6 Å². The summed E-state index contributed by atoms with van der Waals surface area (Å²) in [6.07, 6.45) is 6.76. The van der Waals surface area contributed by atoms with Crippen molar-refractivity contribution in [1.29, 1.82) is 0 Å². The molecule has 6 nitrogen and oxygen atoms in total. The fourth-order valence-corrected chi connectivity index (χ4v) is 3.42. The van der Waals surface area contributed by atoms with Gasteiger partial charge in [0.25, 0.3) is 0 Å². The van der Waals surface area contributed by atoms with Gasteiger partial charge >= 0.3 is 6.03 Å². The molecule has 1 N–H and O–H groups in total. The predicted octanol–water partition coefficient (Wildman–Crippen LogP) is 6.01. The highest BCUT2D eigenvalue weighted by molar-refractivity contribution is 5.89. The van der Waals surface area contributed by atoms with Crippen molar-refractivity contribution in [3.8, 4) is 0 Å². The third-order valence-corrected chi connectivity index (χ3v) is 5.16. The average molecular weight is 416 g/mol. The SMILES string of the molecule is [C-]#[N+]c1ccc(Cn2cncc2CN(CCCCC)C(=O)Nc2cccc(C)c2)cc1. The summed E-state index contributed by atoms with van der Waals surface area (Å²) >= 11 is 0. The zero-order valence-electron chi connectivity index (χ0n) is 18.2. The van der Waals surface area contributed by atoms with Crippen molar-refractivity contribution in [2.45, 2.75) is 46.2 Å². The number of amides is 2. The highest BCUT2D eigenvalue weighted by atomic mass is 16.2. The maximum atomic E-state index is 13.0. The summed E-state index contributed by atoms with van der Waals surface area (Å²) in [6.45, 7) is 13.1. The van der Waals surface area contributed by atoms with Crippen LogP contribution in [-0.4, -0.2) is 27.0 Å². The second-order valence-electron chi connectivity index (χ2n) is 7.72. The number of carbonyl (C=O) groups excluding carboxylic acids is 1. The van der Waals surface area contributed by atoms with Crippen molar-refractivity contribution < 1.29 is 4.79 Å². The van der Waals surface area contributed by atoms with E-state index in [1.165, 1.54) is 0 Å². The number of hydrogen-bond donors (Lipinski definition) is 1. The number of imidazole rings is 1. The van der Waals surface area contributed by atoms with Crippen LogP contribution in [0.1, 0.15) is 43.0 Å². The van der Waals surface area contributed by atoms with E-state index in [2.05, 4.69) is 26.6 Å². The van der Waals surface area contributed by atoms with E-state index in [1.54, 1.807) is 6.33 Å². The fraction of sp³-hybridized carbons (Fsp3) is 0.320. The second-order valence-corrected chi connectivity index (χ2v) is 7.72. The maximum absolute atomic E-state index is 13.0. The lowest BCUT2D eigenvalue weighted by Crippen LogP contribution is -2.36. The molecule has 6 heteroatoms. The first-order valence-electron chi connectivity index (χ1n) is 10.7. The zero-order chi connectivity index (χ0) is 22.1. The summed E-state index contributed by atoms with van der Waals surface area (Å²) in [4.78, 5) is 22.6. The molecule has 0 saturated heterocycles. The molecule has 0 aliphatic carbocycles. The van der Waals surface area contributed by atoms with E-state index in [9.17, 15) is 4.79 Å². The van der Waals surface area contributed by atoms with Crippen molar-refractivity contribution in [3.63, 3.8) is 0 Å². The molecule has 3 aromatic rings. The summed E-state index contributed by atoms with van der Waals surface area (Å²) in [6, 6.07) is 15.3. The number of nitrogens with zero attached hydrogens (tertiary/aromatic N) is 4. The van der Waals surface area contributed by atoms with Gasteiger partial charge in [-0.1, -0.05) is 56.2 Å². The molecule has 0 radical (unpaired) electrons. The van der Waals surface area contributed by atoms with Gasteiger partial charge in [-0.15, -0.1) is 0 Å². The molecule has 0 aliphatic rings. The Morgan fingerprint density at radius 1 is 1.19 bits per heavy atom. The zero-order valence-corrected chi connectivity index (χ0v) is 18.2. The van der Waals surface area contributed by atoms with Gasteiger partial charge < -0.3 is 14.8 Å². The third-order valence-electron chi connectivity index (χ3n) is 5.16. The minimum Gasteiger partial charge on any atom is -0.329 e. The Bertz CT molecular complexity index is 1030. The first kappa shape index (κ1) is 22.1. The van der Waals surface area contributed by atoms with E-state index in [-0.39, 0.29) is 6.03 Å². The van der Waals surface area contributed by atoms with Crippen LogP contribution in [0, 0.1) is 13.5 Å². The largest absolute Gasteiger partial charge is 0.329 e. The van der Waals surface area contributed by atoms with E-state index >= 15 is 0 Å². The topological polar surface area (TPSA) is 54.5 Å². The first-order valence-corrected chi connectivity index (χ1v) is 10.7. The Morgan fingerprint density at radius 2 is 2.00 bits per heavy atom. The molecule has 0 atom stereocenters. The molecule has 0 bridgehead atoms. The number of urea groups is 1. The molecule has 0 fully saturated rings. The number of unbranched alkanes of at least 4 members (excludes halogenated alkanes) is 2. The monoisotopic (exact) mass is 415 g/mol. The minimum absolute atomic E-state index is 0.101. The van der Waals surface area contributed by atoms with E-state index in [0.717, 1.165) is 41.8 Å². The van der Waals surface area contributed by atoms with Crippen LogP contribution in [0.5, 0.6) is 0 Å². The molecule has 3 rings (SSSR count). The molecule has 2 amide bonds. The van der Waals surface area contributed by atoms with E-state index in [4.69, 9.17) is 6.57 Å². The Hall–Kier alpha value is -3.59. The number of nitrogens with one attached hydrogen (secondary N) is 1. The first-order chi connectivity index (χ1) is 15.1. The van der Waals surface area contributed by atoms with Crippen LogP contribution in [0.2, 0.25) is 0 Å². The molecule has 0 unspecified atom stereocenters. The van der Waals surface area contributed by atoms with E-state index in [1.807, 2.05) is 66.6 Å². The lowest BCUT2D eigenvalue weighted by atomic mass is 10.2. The summed E-state index contributed by atoms with van der Waals surface area (Å²) < 4.78 is 2.06. The predicted molar refractivity (Wildman–Crippen MR) is 124 cm³/mol. The summed E-state index contributed by atoms with van der Waals surface area (Å²) in [5.74, 6) is 0. The van der Waals surface area contributed by atoms with Crippen LogP contribution in [0.15, 0.2) is 61.1 Å². The average Bonchev–Trinajstić information content (AvgIpc) is 3.20. The number of carbonyl (C=O) groups is 1. The molecule has 1 heterocycles. The van der Waals surface area contributed by atoms with Gasteiger partial charge in [0, 0.05) is 25.0 Å². The third kappa shape index (κ3) is 6.45. The lowest BCUT2D eigenvalue weighted by molar-refractivity contribution is 0.206. The van der Waals surface area contributed by atoms with E-state index < -0.39 is 0 Å². The van der Waals surface area contributed by atoms with Crippen molar-refractivity contribution in [2.75, 3.05) is 11.9 Å². The van der Waals surface area contributed by atoms with Gasteiger partial charge in [0.15, 0.2) is 5.69 Å². The Balaban J connectivity index is 1.72. The summed E-state index contributed by atoms with van der Waals surface area (Å²) in [7, 11) is 0. The molecule has 160 valence electrons. The van der Waals surface area contributed by atoms with Gasteiger partial charge in [-0.05, 0) is 36.6 Å². The van der Waals surface area contributed by atoms with Crippen molar-refractivity contribution in [1.82, 2.24) is 14.5 Å². The number of anilines is 1. The van der Waals surface area contributed by atoms with Gasteiger partial charge in [0.2, 0.25) is 0 Å². The van der Waals surface area contributed by atoms with Crippen molar-refractivity contribution in [2.24, 2.45) is 0 Å². The highest BCUT2D eigenvalue weighted by Gasteiger charge is 2.16. The van der Waals surface area contributed by atoms with Crippen molar-refractivity contribution >= 4 is 17.4 Å². The van der Waals surface area contributed by atoms with Crippen LogP contribution in [0.3, 0.4) is 0 Å². The Labute approximate surface area is 184 Å². The van der Waals surface area contributed by atoms with Gasteiger partial charge in [0.05, 0.1) is 25.1 Å². The van der Waals surface area contributed by atoms with Crippen LogP contribution in [-0.2, 0) is 13.1 Å². The van der Waals surface area contributed by atoms with Gasteiger partial charge in [-0.3, -0.25) is 0 Å². The molecule has 0 spiro atoms. The van der Waals surface area contributed by atoms with Crippen LogP contribution >= 0.6 is 0 Å². The highest BCUT2D eigenvalue weighted by Crippen LogP contribution is 2.16. The smallest absolute Gasteiger partial charge is 0.322 e. The second kappa shape index (κ2) is 11.0. The summed E-state index contributed by atoms with van der Waals surface area (Å²) in [5, 5.41) is 3.03. The number of rotatable bonds is 9. The number of aromatic nitrogens is 2. The van der Waals surface area contributed by atoms with Crippen LogP contribution in [0.25, 0.3) is 4.85 Å². The van der Waals surface area contributed by atoms with Crippen LogP contribution in [0.4, 0.5) is 16.2 Å². The molecule has 2 aromatic carbocycles. The van der Waals surface area contributed by atoms with Crippen molar-refractivity contribution in [3.05, 3.63) is 89.3 Å². The fourth-order valence-electron chi connectivity index (χ4n) is 3.42. The quantitative estimate of drug-likeness (QED) is 0.343. The summed E-state index contributed by atoms with van der Waals surface area (Å²) in [5.41, 5.74) is 4.61. The molecule has 0 aliphatic heterocycles. The molecule has 31 heavy (non-hydrogen) atoms.